The minimum Gasteiger partial charge on any atom is -0.455 e. The van der Waals surface area contributed by atoms with Crippen LogP contribution in [-0.2, 0) is 0 Å². The van der Waals surface area contributed by atoms with Crippen LogP contribution in [0.5, 0.6) is 0 Å². The number of nitrogens with zero attached hydrogens (tertiary/aromatic N) is 2. The van der Waals surface area contributed by atoms with Crippen molar-refractivity contribution in [2.24, 2.45) is 0 Å². The number of para-hydroxylation sites is 6. The van der Waals surface area contributed by atoms with Crippen LogP contribution in [0, 0.1) is 27.7 Å². The zero-order valence-electron chi connectivity index (χ0n) is 45.5. The Hall–Kier alpha value is -9.12. The minimum absolute atomic E-state index is 0.235. The van der Waals surface area contributed by atoms with Gasteiger partial charge >= 0.3 is 0 Å². The summed E-state index contributed by atoms with van der Waals surface area (Å²) in [5.74, 6) is 0.471. The van der Waals surface area contributed by atoms with Gasteiger partial charge in [-0.1, -0.05) is 185 Å². The molecule has 2 heterocycles. The third kappa shape index (κ3) is 7.19. The van der Waals surface area contributed by atoms with Crippen LogP contribution in [0.15, 0.2) is 215 Å². The molecule has 0 radical (unpaired) electrons. The predicted molar refractivity (Wildman–Crippen MR) is 332 cm³/mol. The van der Waals surface area contributed by atoms with E-state index in [0.717, 1.165) is 88.9 Å². The highest BCUT2D eigenvalue weighted by molar-refractivity contribution is 6.30. The first-order chi connectivity index (χ1) is 38.0. The van der Waals surface area contributed by atoms with Gasteiger partial charge in [0.25, 0.3) is 0 Å². The van der Waals surface area contributed by atoms with Crippen molar-refractivity contribution in [1.29, 1.82) is 0 Å². The normalized spacial score (nSPS) is 12.1. The van der Waals surface area contributed by atoms with Gasteiger partial charge in [-0.25, -0.2) is 0 Å². The van der Waals surface area contributed by atoms with E-state index in [1.165, 1.54) is 77.1 Å². The maximum absolute atomic E-state index is 6.71. The van der Waals surface area contributed by atoms with E-state index in [9.17, 15) is 0 Å². The first-order valence-corrected chi connectivity index (χ1v) is 27.6. The molecule has 0 saturated heterocycles. The Bertz CT molecular complexity index is 4370. The Morgan fingerprint density at radius 1 is 0.321 bits per heavy atom. The number of hydrogen-bond donors (Lipinski definition) is 0. The lowest BCUT2D eigenvalue weighted by Gasteiger charge is -2.34. The highest BCUT2D eigenvalue weighted by Crippen LogP contribution is 2.54. The average Bonchev–Trinajstić information content (AvgIpc) is 4.03. The maximum Gasteiger partial charge on any atom is 0.143 e. The molecule has 0 atom stereocenters. The van der Waals surface area contributed by atoms with Gasteiger partial charge in [-0.2, -0.15) is 0 Å². The molecule has 14 aromatic rings. The fourth-order valence-electron chi connectivity index (χ4n) is 13.1. The second-order valence-electron chi connectivity index (χ2n) is 22.1. The standard InChI is InChI=1S/C74H60N2O2/c1-43(2)63-41-65(75(49-21-11-9-12-22-49)71-45(5)33-35-51(47(71)7)57-27-19-29-59-53-25-15-17-31-67(53)77-73(57)59)61-40-38-56-64(44(3)4)42-66(62-39-37-55(63)69(61)70(56)62)76(50-23-13-10-14-24-50)72-46(6)34-36-52(48(72)8)58-28-20-30-60-54-26-16-18-32-68(54)78-74(58)60/h9-44H,1-8H3. The van der Waals surface area contributed by atoms with Crippen LogP contribution in [0.1, 0.15) is 72.9 Å². The Morgan fingerprint density at radius 3 is 1.10 bits per heavy atom. The molecule has 0 spiro atoms. The molecule has 0 fully saturated rings. The second-order valence-corrected chi connectivity index (χ2v) is 22.1. The highest BCUT2D eigenvalue weighted by atomic mass is 16.3. The summed E-state index contributed by atoms with van der Waals surface area (Å²) in [7, 11) is 0. The molecule has 2 aromatic heterocycles. The number of benzene rings is 12. The second kappa shape index (κ2) is 18.3. The summed E-state index contributed by atoms with van der Waals surface area (Å²) in [6.45, 7) is 18.5. The molecule has 0 N–H and O–H groups in total. The Morgan fingerprint density at radius 2 is 0.692 bits per heavy atom. The molecule has 0 aliphatic carbocycles. The monoisotopic (exact) mass is 1010 g/mol. The molecule has 0 aliphatic rings. The van der Waals surface area contributed by atoms with Crippen molar-refractivity contribution >= 4 is 110 Å². The number of furan rings is 2. The minimum atomic E-state index is 0.235. The van der Waals surface area contributed by atoms with Crippen LogP contribution >= 0.6 is 0 Å². The van der Waals surface area contributed by atoms with Gasteiger partial charge in [0.2, 0.25) is 0 Å². The van der Waals surface area contributed by atoms with Gasteiger partial charge in [-0.15, -0.1) is 0 Å². The van der Waals surface area contributed by atoms with Gasteiger partial charge in [0.15, 0.2) is 0 Å². The number of fused-ring (bicyclic) bond motifs is 6. The van der Waals surface area contributed by atoms with E-state index in [2.05, 4.69) is 271 Å². The van der Waals surface area contributed by atoms with Crippen molar-refractivity contribution in [2.75, 3.05) is 9.80 Å². The van der Waals surface area contributed by atoms with Crippen molar-refractivity contribution in [3.05, 3.63) is 240 Å². The molecule has 78 heavy (non-hydrogen) atoms. The van der Waals surface area contributed by atoms with Gasteiger partial charge in [0.05, 0.1) is 22.7 Å². The number of aryl methyl sites for hydroxylation is 2. The molecule has 4 nitrogen and oxygen atoms in total. The lowest BCUT2D eigenvalue weighted by Crippen LogP contribution is -2.15. The third-order valence-corrected chi connectivity index (χ3v) is 16.8. The molecule has 4 heteroatoms. The average molecular weight is 1010 g/mol. The van der Waals surface area contributed by atoms with Crippen LogP contribution < -0.4 is 9.80 Å². The quantitative estimate of drug-likeness (QED) is 0.128. The Balaban J connectivity index is 1.05. The van der Waals surface area contributed by atoms with Crippen LogP contribution in [0.25, 0.3) is 98.4 Å². The summed E-state index contributed by atoms with van der Waals surface area (Å²) in [4.78, 5) is 5.10. The zero-order valence-corrected chi connectivity index (χ0v) is 45.5. The first-order valence-electron chi connectivity index (χ1n) is 27.6. The Labute approximate surface area is 455 Å². The highest BCUT2D eigenvalue weighted by Gasteiger charge is 2.29. The summed E-state index contributed by atoms with van der Waals surface area (Å²) in [5.41, 5.74) is 22.4. The van der Waals surface area contributed by atoms with Crippen molar-refractivity contribution in [3.8, 4) is 22.3 Å². The maximum atomic E-state index is 6.71. The van der Waals surface area contributed by atoms with Crippen LogP contribution in [0.2, 0.25) is 0 Å². The Kier molecular flexibility index (Phi) is 11.1. The van der Waals surface area contributed by atoms with Crippen molar-refractivity contribution in [1.82, 2.24) is 0 Å². The zero-order chi connectivity index (χ0) is 53.1. The molecule has 0 amide bonds. The summed E-state index contributed by atoms with van der Waals surface area (Å²) in [6.07, 6.45) is 0. The molecular formula is C74H60N2O2. The summed E-state index contributed by atoms with van der Waals surface area (Å²) in [6, 6.07) is 75.7. The van der Waals surface area contributed by atoms with Gasteiger partial charge in [0.1, 0.15) is 22.3 Å². The van der Waals surface area contributed by atoms with Gasteiger partial charge in [-0.3, -0.25) is 0 Å². The molecule has 14 rings (SSSR count). The molecule has 0 unspecified atom stereocenters. The summed E-state index contributed by atoms with van der Waals surface area (Å²) in [5, 5.41) is 12.1. The van der Waals surface area contributed by atoms with E-state index in [1.807, 2.05) is 0 Å². The third-order valence-electron chi connectivity index (χ3n) is 16.8. The topological polar surface area (TPSA) is 32.8 Å². The lowest BCUT2D eigenvalue weighted by atomic mass is 9.83. The van der Waals surface area contributed by atoms with Gasteiger partial charge in [0, 0.05) is 54.8 Å². The van der Waals surface area contributed by atoms with Crippen LogP contribution in [0.3, 0.4) is 0 Å². The first kappa shape index (κ1) is 47.3. The molecule has 0 saturated carbocycles. The van der Waals surface area contributed by atoms with Crippen LogP contribution in [0.4, 0.5) is 34.1 Å². The van der Waals surface area contributed by atoms with Crippen molar-refractivity contribution < 1.29 is 8.83 Å². The molecule has 12 aromatic carbocycles. The number of rotatable bonds is 10. The predicted octanol–water partition coefficient (Wildman–Crippen LogP) is 22.1. The SMILES string of the molecule is Cc1ccc(-c2cccc3c2oc2ccccc23)c(C)c1N(c1ccccc1)c1cc(C(C)C)c2ccc3c(N(c4ccccc4)c4c(C)ccc(-c5cccc6c5oc5ccccc56)c4C)cc(C(C)C)c4ccc1c2c43. The van der Waals surface area contributed by atoms with Gasteiger partial charge < -0.3 is 18.6 Å². The summed E-state index contributed by atoms with van der Waals surface area (Å²) < 4.78 is 13.4. The van der Waals surface area contributed by atoms with E-state index in [1.54, 1.807) is 0 Å². The largest absolute Gasteiger partial charge is 0.455 e. The van der Waals surface area contributed by atoms with Crippen LogP contribution in [-0.4, -0.2) is 0 Å². The van der Waals surface area contributed by atoms with E-state index >= 15 is 0 Å². The number of anilines is 6. The molecule has 0 bridgehead atoms. The fraction of sp³-hybridized carbons (Fsp3) is 0.135. The molecular weight excluding hydrogens is 949 g/mol. The van der Waals surface area contributed by atoms with E-state index in [-0.39, 0.29) is 11.8 Å². The molecule has 0 aliphatic heterocycles. The van der Waals surface area contributed by atoms with Gasteiger partial charge in [-0.05, 0) is 154 Å². The number of hydrogen-bond acceptors (Lipinski definition) is 4. The lowest BCUT2D eigenvalue weighted by molar-refractivity contribution is 0.669. The fourth-order valence-corrected chi connectivity index (χ4v) is 13.1. The van der Waals surface area contributed by atoms with E-state index < -0.39 is 0 Å². The van der Waals surface area contributed by atoms with Crippen molar-refractivity contribution in [2.45, 2.75) is 67.2 Å². The van der Waals surface area contributed by atoms with Crippen molar-refractivity contribution in [3.63, 3.8) is 0 Å². The van der Waals surface area contributed by atoms with E-state index in [0.29, 0.717) is 0 Å². The summed E-state index contributed by atoms with van der Waals surface area (Å²) >= 11 is 0. The molecule has 378 valence electrons. The van der Waals surface area contributed by atoms with E-state index in [4.69, 9.17) is 8.83 Å². The smallest absolute Gasteiger partial charge is 0.143 e.